The maximum absolute atomic E-state index is 12.7. The van der Waals surface area contributed by atoms with Gasteiger partial charge in [0.05, 0.1) is 18.2 Å². The third-order valence-corrected chi connectivity index (χ3v) is 5.02. The molecule has 2 aromatic heterocycles. The molecular weight excluding hydrogens is 340 g/mol. The van der Waals surface area contributed by atoms with Crippen LogP contribution in [0.25, 0.3) is 11.3 Å². The number of aryl methyl sites for hydroxylation is 1. The van der Waals surface area contributed by atoms with Crippen molar-refractivity contribution in [1.82, 2.24) is 15.1 Å². The molecule has 140 valence electrons. The van der Waals surface area contributed by atoms with E-state index in [2.05, 4.69) is 20.4 Å². The van der Waals surface area contributed by atoms with Crippen molar-refractivity contribution in [3.8, 4) is 11.3 Å². The summed E-state index contributed by atoms with van der Waals surface area (Å²) >= 11 is 0. The highest BCUT2D eigenvalue weighted by Gasteiger charge is 2.26. The Hall–Kier alpha value is -2.86. The predicted molar refractivity (Wildman–Crippen MR) is 104 cm³/mol. The van der Waals surface area contributed by atoms with Gasteiger partial charge in [-0.3, -0.25) is 14.8 Å². The molecule has 0 unspecified atom stereocenters. The van der Waals surface area contributed by atoms with E-state index in [0.29, 0.717) is 0 Å². The molecule has 27 heavy (non-hydrogen) atoms. The third kappa shape index (κ3) is 4.28. The lowest BCUT2D eigenvalue weighted by atomic mass is 9.97. The van der Waals surface area contributed by atoms with Gasteiger partial charge in [0, 0.05) is 18.4 Å². The van der Waals surface area contributed by atoms with Crippen LogP contribution in [0.3, 0.4) is 0 Å². The van der Waals surface area contributed by atoms with Crippen LogP contribution in [0.15, 0.2) is 53.1 Å². The summed E-state index contributed by atoms with van der Waals surface area (Å²) in [7, 11) is 0. The fourth-order valence-electron chi connectivity index (χ4n) is 3.60. The molecule has 3 aromatic rings. The van der Waals surface area contributed by atoms with Gasteiger partial charge in [0.25, 0.3) is 0 Å². The van der Waals surface area contributed by atoms with Gasteiger partial charge in [-0.25, -0.2) is 0 Å². The van der Waals surface area contributed by atoms with Crippen LogP contribution >= 0.6 is 0 Å². The van der Waals surface area contributed by atoms with Crippen molar-refractivity contribution >= 4 is 11.6 Å². The van der Waals surface area contributed by atoms with E-state index in [9.17, 15) is 4.79 Å². The molecule has 1 aliphatic rings. The van der Waals surface area contributed by atoms with Crippen molar-refractivity contribution in [2.75, 3.05) is 18.4 Å². The Morgan fingerprint density at radius 2 is 2.11 bits per heavy atom. The van der Waals surface area contributed by atoms with E-state index in [1.165, 1.54) is 0 Å². The number of benzene rings is 1. The lowest BCUT2D eigenvalue weighted by Crippen LogP contribution is -2.40. The maximum atomic E-state index is 12.7. The largest absolute Gasteiger partial charge is 0.465 e. The zero-order valence-electron chi connectivity index (χ0n) is 15.4. The first-order valence-corrected chi connectivity index (χ1v) is 9.36. The van der Waals surface area contributed by atoms with Crippen LogP contribution in [0.1, 0.15) is 24.4 Å². The fourth-order valence-corrected chi connectivity index (χ4v) is 3.60. The van der Waals surface area contributed by atoms with E-state index in [1.807, 2.05) is 49.4 Å². The molecule has 6 nitrogen and oxygen atoms in total. The molecule has 0 bridgehead atoms. The van der Waals surface area contributed by atoms with Gasteiger partial charge in [0.2, 0.25) is 5.91 Å². The van der Waals surface area contributed by atoms with Gasteiger partial charge in [-0.1, -0.05) is 12.1 Å². The number of furan rings is 1. The summed E-state index contributed by atoms with van der Waals surface area (Å²) in [5, 5.41) is 9.96. The van der Waals surface area contributed by atoms with Gasteiger partial charge in [0.15, 0.2) is 0 Å². The van der Waals surface area contributed by atoms with E-state index in [-0.39, 0.29) is 11.8 Å². The zero-order valence-corrected chi connectivity index (χ0v) is 15.4. The van der Waals surface area contributed by atoms with Crippen LogP contribution in [-0.2, 0) is 11.3 Å². The second-order valence-corrected chi connectivity index (χ2v) is 7.12. The molecule has 2 N–H and O–H groups in total. The van der Waals surface area contributed by atoms with Crippen LogP contribution in [0.2, 0.25) is 0 Å². The minimum atomic E-state index is 0.00194. The van der Waals surface area contributed by atoms with Crippen LogP contribution in [0.5, 0.6) is 0 Å². The van der Waals surface area contributed by atoms with Crippen LogP contribution in [0.4, 0.5) is 5.69 Å². The molecule has 1 aliphatic heterocycles. The first kappa shape index (κ1) is 17.5. The topological polar surface area (TPSA) is 74.2 Å². The quantitative estimate of drug-likeness (QED) is 0.722. The molecule has 4 rings (SSSR count). The van der Waals surface area contributed by atoms with E-state index < -0.39 is 0 Å². The standard InChI is InChI=1S/C21H24N4O2/c1-15-4-9-19(27-15)14-25-12-2-3-17(13-25)21(26)23-18-7-5-16(6-8-18)20-10-11-22-24-20/h4-11,17H,2-3,12-14H2,1H3,(H,22,24)(H,23,26)/t17-/m0/s1. The van der Waals surface area contributed by atoms with Crippen LogP contribution in [0, 0.1) is 12.8 Å². The number of nitrogens with one attached hydrogen (secondary N) is 2. The van der Waals surface area contributed by atoms with Gasteiger partial charge < -0.3 is 9.73 Å². The summed E-state index contributed by atoms with van der Waals surface area (Å²) in [6.45, 7) is 4.48. The van der Waals surface area contributed by atoms with Crippen molar-refractivity contribution in [3.05, 3.63) is 60.2 Å². The molecular formula is C21H24N4O2. The van der Waals surface area contributed by atoms with Crippen LogP contribution in [-0.4, -0.2) is 34.1 Å². The maximum Gasteiger partial charge on any atom is 0.228 e. The summed E-state index contributed by atoms with van der Waals surface area (Å²) in [6, 6.07) is 13.7. The predicted octanol–water partition coefficient (Wildman–Crippen LogP) is 3.83. The van der Waals surface area contributed by atoms with Gasteiger partial charge in [0.1, 0.15) is 11.5 Å². The number of piperidine rings is 1. The smallest absolute Gasteiger partial charge is 0.228 e. The zero-order chi connectivity index (χ0) is 18.6. The second-order valence-electron chi connectivity index (χ2n) is 7.12. The molecule has 6 heteroatoms. The molecule has 0 saturated carbocycles. The van der Waals surface area contributed by atoms with Gasteiger partial charge >= 0.3 is 0 Å². The number of aromatic amines is 1. The normalized spacial score (nSPS) is 17.7. The summed E-state index contributed by atoms with van der Waals surface area (Å²) in [4.78, 5) is 15.0. The number of carbonyl (C=O) groups excluding carboxylic acids is 1. The van der Waals surface area contributed by atoms with Crippen molar-refractivity contribution in [2.45, 2.75) is 26.3 Å². The fraction of sp³-hybridized carbons (Fsp3) is 0.333. The van der Waals surface area contributed by atoms with Gasteiger partial charge in [-0.05, 0) is 62.2 Å². The average molecular weight is 364 g/mol. The minimum Gasteiger partial charge on any atom is -0.465 e. The first-order chi connectivity index (χ1) is 13.2. The number of likely N-dealkylation sites (tertiary alicyclic amines) is 1. The molecule has 0 radical (unpaired) electrons. The molecule has 0 aliphatic carbocycles. The molecule has 1 fully saturated rings. The number of amides is 1. The monoisotopic (exact) mass is 364 g/mol. The Morgan fingerprint density at radius 3 is 2.81 bits per heavy atom. The number of rotatable bonds is 5. The highest BCUT2D eigenvalue weighted by Crippen LogP contribution is 2.23. The lowest BCUT2D eigenvalue weighted by Gasteiger charge is -2.31. The highest BCUT2D eigenvalue weighted by molar-refractivity contribution is 5.93. The number of anilines is 1. The summed E-state index contributed by atoms with van der Waals surface area (Å²) in [5.41, 5.74) is 2.83. The molecule has 1 atom stereocenters. The molecule has 3 heterocycles. The SMILES string of the molecule is Cc1ccc(CN2CCC[C@H](C(=O)Nc3ccc(-c4ccn[nH]4)cc3)C2)o1. The van der Waals surface area contributed by atoms with E-state index >= 15 is 0 Å². The number of hydrogen-bond acceptors (Lipinski definition) is 4. The van der Waals surface area contributed by atoms with Crippen molar-refractivity contribution in [2.24, 2.45) is 5.92 Å². The van der Waals surface area contributed by atoms with Crippen LogP contribution < -0.4 is 5.32 Å². The number of carbonyl (C=O) groups is 1. The number of hydrogen-bond donors (Lipinski definition) is 2. The molecule has 1 saturated heterocycles. The van der Waals surface area contributed by atoms with E-state index in [0.717, 1.165) is 60.9 Å². The summed E-state index contributed by atoms with van der Waals surface area (Å²) in [6.07, 6.45) is 3.67. The minimum absolute atomic E-state index is 0.00194. The molecule has 0 spiro atoms. The third-order valence-electron chi connectivity index (χ3n) is 5.02. The number of nitrogens with zero attached hydrogens (tertiary/aromatic N) is 2. The van der Waals surface area contributed by atoms with Crippen molar-refractivity contribution < 1.29 is 9.21 Å². The van der Waals surface area contributed by atoms with Gasteiger partial charge in [-0.15, -0.1) is 0 Å². The van der Waals surface area contributed by atoms with E-state index in [1.54, 1.807) is 6.20 Å². The lowest BCUT2D eigenvalue weighted by molar-refractivity contribution is -0.121. The Kier molecular flexibility index (Phi) is 5.07. The number of aromatic nitrogens is 2. The number of H-pyrrole nitrogens is 1. The average Bonchev–Trinajstić information content (AvgIpc) is 3.35. The first-order valence-electron chi connectivity index (χ1n) is 9.36. The Labute approximate surface area is 158 Å². The second kappa shape index (κ2) is 7.80. The van der Waals surface area contributed by atoms with E-state index in [4.69, 9.17) is 4.42 Å². The Balaban J connectivity index is 1.34. The van der Waals surface area contributed by atoms with Gasteiger partial charge in [-0.2, -0.15) is 5.10 Å². The highest BCUT2D eigenvalue weighted by atomic mass is 16.3. The molecule has 1 aromatic carbocycles. The van der Waals surface area contributed by atoms with Crippen molar-refractivity contribution in [3.63, 3.8) is 0 Å². The Bertz CT molecular complexity index is 883. The van der Waals surface area contributed by atoms with Crippen molar-refractivity contribution in [1.29, 1.82) is 0 Å². The summed E-state index contributed by atoms with van der Waals surface area (Å²) in [5.74, 6) is 1.98. The molecule has 1 amide bonds. The Morgan fingerprint density at radius 1 is 1.26 bits per heavy atom. The summed E-state index contributed by atoms with van der Waals surface area (Å²) < 4.78 is 5.67.